The van der Waals surface area contributed by atoms with Gasteiger partial charge in [-0.1, -0.05) is 0 Å². The molecule has 0 amide bonds. The number of rotatable bonds is 7. The van der Waals surface area contributed by atoms with Crippen molar-refractivity contribution >= 4 is 17.3 Å². The molecule has 3 aromatic rings. The number of esters is 1. The van der Waals surface area contributed by atoms with Crippen LogP contribution in [-0.2, 0) is 11.2 Å². The van der Waals surface area contributed by atoms with E-state index in [4.69, 9.17) is 9.47 Å². The van der Waals surface area contributed by atoms with Crippen molar-refractivity contribution in [3.63, 3.8) is 0 Å². The van der Waals surface area contributed by atoms with Crippen molar-refractivity contribution in [2.45, 2.75) is 58.4 Å². The number of benzene rings is 3. The van der Waals surface area contributed by atoms with E-state index in [-0.39, 0.29) is 46.8 Å². The summed E-state index contributed by atoms with van der Waals surface area (Å²) in [5.41, 5.74) is 1.14. The van der Waals surface area contributed by atoms with Gasteiger partial charge in [0.1, 0.15) is 11.8 Å². The third-order valence-electron chi connectivity index (χ3n) is 6.19. The molecule has 0 saturated heterocycles. The first-order valence-corrected chi connectivity index (χ1v) is 12.6. The lowest BCUT2D eigenvalue weighted by Gasteiger charge is -2.36. The summed E-state index contributed by atoms with van der Waals surface area (Å²) in [6.07, 6.45) is -2.20. The number of carbonyl (C=O) groups is 1. The van der Waals surface area contributed by atoms with Gasteiger partial charge in [-0.3, -0.25) is 0 Å². The lowest BCUT2D eigenvalue weighted by Crippen LogP contribution is -2.35. The molecule has 0 saturated carbocycles. The summed E-state index contributed by atoms with van der Waals surface area (Å²) >= 11 is 0. The molecular formula is C28H32N2O10. The Bertz CT molecular complexity index is 1410. The zero-order valence-electron chi connectivity index (χ0n) is 22.3. The molecule has 0 aromatic heterocycles. The molecule has 1 aliphatic heterocycles. The number of anilines is 2. The Morgan fingerprint density at radius 3 is 1.85 bits per heavy atom. The molecule has 9 N–H and O–H groups in total. The summed E-state index contributed by atoms with van der Waals surface area (Å²) < 4.78 is 12.0. The number of ether oxygens (including phenoxy) is 2. The van der Waals surface area contributed by atoms with E-state index in [9.17, 15) is 40.5 Å². The minimum atomic E-state index is -1.15. The second-order valence-electron chi connectivity index (χ2n) is 10.2. The normalized spacial score (nSPS) is 16.4. The molecule has 0 radical (unpaired) electrons. The molecule has 12 nitrogen and oxygen atoms in total. The molecule has 214 valence electrons. The Morgan fingerprint density at radius 1 is 0.800 bits per heavy atom. The lowest BCUT2D eigenvalue weighted by molar-refractivity contribution is -0.0181. The first kappa shape index (κ1) is 28.1. The van der Waals surface area contributed by atoms with Crippen LogP contribution >= 0.6 is 0 Å². The van der Waals surface area contributed by atoms with Crippen molar-refractivity contribution in [1.82, 2.24) is 0 Å². The fourth-order valence-corrected chi connectivity index (χ4v) is 4.47. The zero-order chi connectivity index (χ0) is 29.5. The number of phenolic OH excluding ortho intramolecular Hbond substituents is 7. The van der Waals surface area contributed by atoms with E-state index in [0.29, 0.717) is 11.3 Å². The number of carbonyl (C=O) groups excluding carboxylic acids is 1. The van der Waals surface area contributed by atoms with Crippen LogP contribution in [0.4, 0.5) is 11.4 Å². The van der Waals surface area contributed by atoms with Gasteiger partial charge in [-0.15, -0.1) is 0 Å². The molecule has 12 heteroatoms. The highest BCUT2D eigenvalue weighted by Gasteiger charge is 2.38. The van der Waals surface area contributed by atoms with E-state index in [1.807, 2.05) is 27.7 Å². The number of hydrogen-bond acceptors (Lipinski definition) is 12. The van der Waals surface area contributed by atoms with Crippen LogP contribution in [0.15, 0.2) is 30.3 Å². The van der Waals surface area contributed by atoms with Crippen LogP contribution in [0.2, 0.25) is 0 Å². The molecule has 0 unspecified atom stereocenters. The Hall–Kier alpha value is -4.87. The topological polar surface area (TPSA) is 201 Å². The van der Waals surface area contributed by atoms with Crippen molar-refractivity contribution < 1.29 is 50.0 Å². The first-order chi connectivity index (χ1) is 18.8. The van der Waals surface area contributed by atoms with Crippen molar-refractivity contribution in [2.75, 3.05) is 10.6 Å². The van der Waals surface area contributed by atoms with Crippen LogP contribution in [0.25, 0.3) is 0 Å². The van der Waals surface area contributed by atoms with Crippen molar-refractivity contribution in [3.05, 3.63) is 47.0 Å². The zero-order valence-corrected chi connectivity index (χ0v) is 22.3. The number of nitrogens with one attached hydrogen (secondary N) is 2. The average Bonchev–Trinajstić information content (AvgIpc) is 2.87. The summed E-state index contributed by atoms with van der Waals surface area (Å²) in [5, 5.41) is 77.0. The van der Waals surface area contributed by atoms with Gasteiger partial charge in [-0.25, -0.2) is 4.79 Å². The number of phenols is 7. The van der Waals surface area contributed by atoms with E-state index >= 15 is 0 Å². The Balaban J connectivity index is 1.83. The molecule has 0 spiro atoms. The van der Waals surface area contributed by atoms with Gasteiger partial charge in [0.05, 0.1) is 11.3 Å². The van der Waals surface area contributed by atoms with Crippen molar-refractivity contribution in [2.24, 2.45) is 0 Å². The maximum absolute atomic E-state index is 13.1. The molecule has 2 atom stereocenters. The lowest BCUT2D eigenvalue weighted by atomic mass is 9.92. The molecule has 0 fully saturated rings. The van der Waals surface area contributed by atoms with Crippen LogP contribution in [0.1, 0.15) is 55.3 Å². The maximum Gasteiger partial charge on any atom is 0.338 e. The van der Waals surface area contributed by atoms with Crippen molar-refractivity contribution in [3.8, 4) is 46.0 Å². The highest BCUT2D eigenvalue weighted by Crippen LogP contribution is 2.50. The number of aromatic hydroxyl groups is 7. The third kappa shape index (κ3) is 5.46. The van der Waals surface area contributed by atoms with E-state index in [0.717, 1.165) is 24.3 Å². The molecule has 4 rings (SSSR count). The monoisotopic (exact) mass is 556 g/mol. The second-order valence-corrected chi connectivity index (χ2v) is 10.2. The summed E-state index contributed by atoms with van der Waals surface area (Å²) in [4.78, 5) is 13.1. The first-order valence-electron chi connectivity index (χ1n) is 12.6. The van der Waals surface area contributed by atoms with Gasteiger partial charge < -0.3 is 55.9 Å². The van der Waals surface area contributed by atoms with Gasteiger partial charge in [0, 0.05) is 29.6 Å². The van der Waals surface area contributed by atoms with E-state index < -0.39 is 52.7 Å². The Kier molecular flexibility index (Phi) is 7.54. The molecule has 1 heterocycles. The van der Waals surface area contributed by atoms with Crippen LogP contribution < -0.4 is 15.4 Å². The molecular weight excluding hydrogens is 524 g/mol. The molecule has 1 aliphatic rings. The minimum Gasteiger partial charge on any atom is -0.504 e. The molecule has 0 aliphatic carbocycles. The largest absolute Gasteiger partial charge is 0.504 e. The number of hydrogen-bond donors (Lipinski definition) is 9. The van der Waals surface area contributed by atoms with Crippen LogP contribution in [0.3, 0.4) is 0 Å². The van der Waals surface area contributed by atoms with Gasteiger partial charge in [0.25, 0.3) is 0 Å². The fourth-order valence-electron chi connectivity index (χ4n) is 4.47. The predicted octanol–water partition coefficient (Wildman–Crippen LogP) is 4.17. The van der Waals surface area contributed by atoms with Gasteiger partial charge in [0.15, 0.2) is 52.1 Å². The molecule has 3 aromatic carbocycles. The maximum atomic E-state index is 13.1. The molecule has 0 bridgehead atoms. The summed E-state index contributed by atoms with van der Waals surface area (Å²) in [7, 11) is 0. The Labute approximate surface area is 229 Å². The van der Waals surface area contributed by atoms with Crippen LogP contribution in [0, 0.1) is 0 Å². The average molecular weight is 557 g/mol. The van der Waals surface area contributed by atoms with Crippen molar-refractivity contribution in [1.29, 1.82) is 0 Å². The quantitative estimate of drug-likeness (QED) is 0.149. The smallest absolute Gasteiger partial charge is 0.338 e. The third-order valence-corrected chi connectivity index (χ3v) is 6.19. The number of fused-ring (bicyclic) bond motifs is 1. The van der Waals surface area contributed by atoms with Gasteiger partial charge >= 0.3 is 5.97 Å². The van der Waals surface area contributed by atoms with E-state index in [1.165, 1.54) is 0 Å². The Morgan fingerprint density at radius 2 is 1.32 bits per heavy atom. The molecule has 40 heavy (non-hydrogen) atoms. The standard InChI is InChI=1S/C28H32N2O10/c1-11(2)29-16-5-13-10-21(39-28(38)15-8-19(33)25(37)20(34)9-15)26(14-6-17(31)24(36)18(32)7-14)40-27(13)22(23(16)35)30-12(3)4/h5-9,11-12,21,26,29-37H,10H2,1-4H3/t21-,26-/m1/s1. The fraction of sp³-hybridized carbons (Fsp3) is 0.321. The summed E-state index contributed by atoms with van der Waals surface area (Å²) in [6, 6.07) is 5.67. The van der Waals surface area contributed by atoms with E-state index in [1.54, 1.807) is 6.07 Å². The minimum absolute atomic E-state index is 0.0282. The van der Waals surface area contributed by atoms with Gasteiger partial charge in [-0.05, 0) is 58.0 Å². The van der Waals surface area contributed by atoms with Gasteiger partial charge in [0.2, 0.25) is 0 Å². The summed E-state index contributed by atoms with van der Waals surface area (Å²) in [6.45, 7) is 7.55. The van der Waals surface area contributed by atoms with Gasteiger partial charge in [-0.2, -0.15) is 0 Å². The van der Waals surface area contributed by atoms with E-state index in [2.05, 4.69) is 10.6 Å². The van der Waals surface area contributed by atoms with Crippen LogP contribution in [0.5, 0.6) is 46.0 Å². The highest BCUT2D eigenvalue weighted by atomic mass is 16.6. The second kappa shape index (κ2) is 10.7. The predicted molar refractivity (Wildman–Crippen MR) is 145 cm³/mol. The SMILES string of the molecule is CC(C)Nc1cc2c(c(NC(C)C)c1O)O[C@H](c1cc(O)c(O)c(O)c1)[C@H](OC(=O)c1cc(O)c(O)c(O)c1)C2. The van der Waals surface area contributed by atoms with Crippen LogP contribution in [-0.4, -0.2) is 59.9 Å². The summed E-state index contributed by atoms with van der Waals surface area (Å²) in [5.74, 6) is -5.09. The highest BCUT2D eigenvalue weighted by molar-refractivity contribution is 5.91.